The molecule has 1 unspecified atom stereocenters. The number of carboxylic acid groups (broad SMARTS) is 1. The molecule has 2 N–H and O–H groups in total. The Kier molecular flexibility index (Phi) is 7.36. The van der Waals surface area contributed by atoms with Crippen LogP contribution < -0.4 is 10.1 Å². The number of nitrogens with one attached hydrogen (secondary N) is 1. The molecule has 0 aliphatic heterocycles. The molecule has 3 heterocycles. The van der Waals surface area contributed by atoms with Crippen LogP contribution in [0.3, 0.4) is 0 Å². The molecule has 0 spiro atoms. The highest BCUT2D eigenvalue weighted by Crippen LogP contribution is 2.45. The van der Waals surface area contributed by atoms with Crippen LogP contribution in [0.4, 0.5) is 15.0 Å². The van der Waals surface area contributed by atoms with E-state index in [0.717, 1.165) is 30.3 Å². The van der Waals surface area contributed by atoms with E-state index >= 15 is 0 Å². The zero-order valence-electron chi connectivity index (χ0n) is 21.2. The summed E-state index contributed by atoms with van der Waals surface area (Å²) in [7, 11) is 3.21. The Hall–Kier alpha value is -4.22. The molecule has 0 aliphatic carbocycles. The van der Waals surface area contributed by atoms with Crippen molar-refractivity contribution in [2.75, 3.05) is 12.4 Å². The fraction of sp³-hybridized carbons (Fsp3) is 0.179. The van der Waals surface area contributed by atoms with Gasteiger partial charge in [-0.05, 0) is 36.8 Å². The number of aromatic nitrogens is 2. The van der Waals surface area contributed by atoms with Gasteiger partial charge in [-0.15, -0.1) is 22.7 Å². The van der Waals surface area contributed by atoms with Gasteiger partial charge in [0.25, 0.3) is 0 Å². The molecule has 5 rings (SSSR count). The van der Waals surface area contributed by atoms with Gasteiger partial charge in [0.1, 0.15) is 23.5 Å². The molecule has 11 heteroatoms. The summed E-state index contributed by atoms with van der Waals surface area (Å²) in [5.74, 6) is -0.794. The van der Waals surface area contributed by atoms with Crippen molar-refractivity contribution in [2.45, 2.75) is 19.4 Å². The van der Waals surface area contributed by atoms with Crippen LogP contribution in [-0.4, -0.2) is 34.1 Å². The molecule has 0 radical (unpaired) electrons. The third-order valence-electron chi connectivity index (χ3n) is 6.16. The van der Waals surface area contributed by atoms with Crippen LogP contribution in [0, 0.1) is 5.82 Å². The molecular formula is C28H24FN3O5S2. The van der Waals surface area contributed by atoms with Crippen LogP contribution in [0.25, 0.3) is 30.3 Å². The average molecular weight is 566 g/mol. The summed E-state index contributed by atoms with van der Waals surface area (Å²) >= 11 is 2.98. The van der Waals surface area contributed by atoms with E-state index in [2.05, 4.69) is 10.4 Å². The lowest BCUT2D eigenvalue weighted by molar-refractivity contribution is -0.136. The van der Waals surface area contributed by atoms with Gasteiger partial charge in [0, 0.05) is 37.3 Å². The first kappa shape index (κ1) is 26.4. The first-order chi connectivity index (χ1) is 18.7. The first-order valence-electron chi connectivity index (χ1n) is 11.9. The number of ether oxygens (including phenoxy) is 2. The van der Waals surface area contributed by atoms with Gasteiger partial charge in [-0.1, -0.05) is 30.3 Å². The largest absolute Gasteiger partial charge is 0.496 e. The van der Waals surface area contributed by atoms with Crippen molar-refractivity contribution in [1.29, 1.82) is 0 Å². The monoisotopic (exact) mass is 565 g/mol. The molecule has 0 aliphatic rings. The minimum atomic E-state index is -1.11. The smallest absolute Gasteiger partial charge is 0.413 e. The number of rotatable bonds is 8. The number of fused-ring (bicyclic) bond motifs is 1. The molecule has 39 heavy (non-hydrogen) atoms. The van der Waals surface area contributed by atoms with Gasteiger partial charge in [0.05, 0.1) is 25.3 Å². The van der Waals surface area contributed by atoms with Crippen LogP contribution in [-0.2, 0) is 23.0 Å². The van der Waals surface area contributed by atoms with Crippen LogP contribution in [0.5, 0.6) is 5.75 Å². The van der Waals surface area contributed by atoms with Crippen molar-refractivity contribution in [3.05, 3.63) is 77.7 Å². The molecular weight excluding hydrogens is 541 g/mol. The normalized spacial score (nSPS) is 11.9. The number of hydrogen-bond acceptors (Lipinski definition) is 7. The van der Waals surface area contributed by atoms with Gasteiger partial charge in [-0.2, -0.15) is 5.10 Å². The minimum absolute atomic E-state index is 0.0667. The van der Waals surface area contributed by atoms with E-state index in [0.29, 0.717) is 17.1 Å². The van der Waals surface area contributed by atoms with Gasteiger partial charge >= 0.3 is 12.1 Å². The number of carbonyl (C=O) groups is 2. The van der Waals surface area contributed by atoms with E-state index in [1.807, 2.05) is 49.4 Å². The quantitative estimate of drug-likeness (QED) is 0.208. The highest BCUT2D eigenvalue weighted by Gasteiger charge is 2.21. The van der Waals surface area contributed by atoms with E-state index in [-0.39, 0.29) is 5.56 Å². The Morgan fingerprint density at radius 2 is 1.74 bits per heavy atom. The molecule has 0 fully saturated rings. The number of carboxylic acids is 1. The summed E-state index contributed by atoms with van der Waals surface area (Å²) in [6.45, 7) is 1.81. The van der Waals surface area contributed by atoms with Gasteiger partial charge in [0.2, 0.25) is 0 Å². The van der Waals surface area contributed by atoms with Crippen molar-refractivity contribution in [2.24, 2.45) is 7.05 Å². The second-order valence-corrected chi connectivity index (χ2v) is 10.9. The van der Waals surface area contributed by atoms with Crippen LogP contribution in [0.15, 0.2) is 60.8 Å². The van der Waals surface area contributed by atoms with Crippen molar-refractivity contribution in [1.82, 2.24) is 9.78 Å². The van der Waals surface area contributed by atoms with Crippen molar-refractivity contribution in [3.63, 3.8) is 0 Å². The van der Waals surface area contributed by atoms with Crippen LogP contribution in [0.2, 0.25) is 0 Å². The van der Waals surface area contributed by atoms with E-state index in [1.54, 1.807) is 17.9 Å². The molecule has 0 saturated heterocycles. The van der Waals surface area contributed by atoms with E-state index in [9.17, 15) is 14.0 Å². The zero-order valence-corrected chi connectivity index (χ0v) is 22.9. The highest BCUT2D eigenvalue weighted by molar-refractivity contribution is 7.31. The van der Waals surface area contributed by atoms with Gasteiger partial charge in [-0.3, -0.25) is 14.8 Å². The van der Waals surface area contributed by atoms with Gasteiger partial charge in [-0.25, -0.2) is 9.18 Å². The number of thiophene rings is 2. The zero-order chi connectivity index (χ0) is 27.7. The number of carbonyl (C=O) groups excluding carboxylic acids is 1. The highest BCUT2D eigenvalue weighted by atomic mass is 32.1. The summed E-state index contributed by atoms with van der Waals surface area (Å²) in [4.78, 5) is 25.4. The van der Waals surface area contributed by atoms with Crippen molar-refractivity contribution < 1.29 is 28.6 Å². The molecule has 0 saturated carbocycles. The summed E-state index contributed by atoms with van der Waals surface area (Å²) < 4.78 is 29.2. The SMILES string of the molecule is COc1cc(CC(=O)O)c(F)cc1-c1cc2sc(-c3cnn(C)c3NC(=O)OC(C)c3ccccc3)cc2s1. The Morgan fingerprint density at radius 3 is 2.38 bits per heavy atom. The van der Waals surface area contributed by atoms with Crippen molar-refractivity contribution >= 4 is 50.0 Å². The summed E-state index contributed by atoms with van der Waals surface area (Å²) in [5.41, 5.74) is 2.26. The summed E-state index contributed by atoms with van der Waals surface area (Å²) in [6, 6.07) is 16.2. The molecule has 3 aromatic heterocycles. The predicted molar refractivity (Wildman–Crippen MR) is 150 cm³/mol. The Balaban J connectivity index is 1.39. The Morgan fingerprint density at radius 1 is 1.08 bits per heavy atom. The Labute approximate surface area is 231 Å². The number of nitrogens with zero attached hydrogens (tertiary/aromatic N) is 2. The lowest BCUT2D eigenvalue weighted by atomic mass is 10.1. The van der Waals surface area contributed by atoms with Crippen molar-refractivity contribution in [3.8, 4) is 26.6 Å². The molecule has 0 bridgehead atoms. The molecule has 5 aromatic rings. The fourth-order valence-corrected chi connectivity index (χ4v) is 6.63. The van der Waals surface area contributed by atoms with Crippen LogP contribution in [0.1, 0.15) is 24.2 Å². The van der Waals surface area contributed by atoms with Gasteiger partial charge < -0.3 is 14.6 Å². The van der Waals surface area contributed by atoms with E-state index in [4.69, 9.17) is 14.6 Å². The van der Waals surface area contributed by atoms with E-state index < -0.39 is 30.4 Å². The first-order valence-corrected chi connectivity index (χ1v) is 13.5. The number of benzene rings is 2. The number of amides is 1. The number of aryl methyl sites for hydroxylation is 1. The maximum absolute atomic E-state index is 14.6. The number of halogens is 1. The molecule has 200 valence electrons. The molecule has 2 aromatic carbocycles. The molecule has 8 nitrogen and oxygen atoms in total. The average Bonchev–Trinajstić information content (AvgIpc) is 3.59. The summed E-state index contributed by atoms with van der Waals surface area (Å²) in [6.07, 6.45) is 0.253. The van der Waals surface area contributed by atoms with E-state index in [1.165, 1.54) is 41.9 Å². The lowest BCUT2D eigenvalue weighted by Crippen LogP contribution is -2.18. The third-order valence-corrected chi connectivity index (χ3v) is 8.52. The topological polar surface area (TPSA) is 103 Å². The molecule has 1 atom stereocenters. The number of aliphatic carboxylic acids is 1. The lowest BCUT2D eigenvalue weighted by Gasteiger charge is -2.14. The molecule has 1 amide bonds. The number of hydrogen-bond donors (Lipinski definition) is 2. The fourth-order valence-electron chi connectivity index (χ4n) is 4.20. The second-order valence-electron chi connectivity index (χ2n) is 8.78. The summed E-state index contributed by atoms with van der Waals surface area (Å²) in [5, 5.41) is 16.2. The maximum atomic E-state index is 14.6. The second kappa shape index (κ2) is 10.9. The standard InChI is InChI=1S/C28H24FN3O5S2/c1-15(16-7-5-4-6-8-16)37-28(35)31-27-19(14-30-32(27)2)23-13-25-24(39-23)12-22(38-25)18-11-20(29)17(10-26(33)34)9-21(18)36-3/h4-9,11-15H,10H2,1-3H3,(H,31,35)(H,33,34). The van der Waals surface area contributed by atoms with Gasteiger partial charge in [0.15, 0.2) is 0 Å². The third kappa shape index (κ3) is 5.50. The predicted octanol–water partition coefficient (Wildman–Crippen LogP) is 7.11. The minimum Gasteiger partial charge on any atom is -0.496 e. The Bertz CT molecular complexity index is 1640. The maximum Gasteiger partial charge on any atom is 0.413 e. The number of methoxy groups -OCH3 is 1. The number of anilines is 1. The van der Waals surface area contributed by atoms with Crippen LogP contribution >= 0.6 is 22.7 Å².